The van der Waals surface area contributed by atoms with Crippen LogP contribution < -0.4 is 0 Å². The molecule has 0 aromatic heterocycles. The monoisotopic (exact) mass is 436 g/mol. The molecule has 0 aliphatic carbocycles. The molecule has 0 bridgehead atoms. The molecule has 0 amide bonds. The largest absolute Gasteiger partial charge is 0.379 e. The van der Waals surface area contributed by atoms with E-state index in [0.717, 1.165) is 30.6 Å². The molecule has 1 aromatic rings. The first-order valence-electron chi connectivity index (χ1n) is 10.6. The van der Waals surface area contributed by atoms with Crippen LogP contribution in [0.3, 0.4) is 0 Å². The average molecular weight is 437 g/mol. The van der Waals surface area contributed by atoms with Gasteiger partial charge < -0.3 is 23.7 Å². The van der Waals surface area contributed by atoms with Gasteiger partial charge >= 0.3 is 0 Å². The van der Waals surface area contributed by atoms with Gasteiger partial charge in [0, 0.05) is 32.3 Å². The lowest BCUT2D eigenvalue weighted by Crippen LogP contribution is -2.60. The Morgan fingerprint density at radius 1 is 0.933 bits per heavy atom. The molecule has 30 heavy (non-hydrogen) atoms. The van der Waals surface area contributed by atoms with Gasteiger partial charge in [-0.1, -0.05) is 42.1 Å². The molecule has 1 fully saturated rings. The number of hydrogen-bond donors (Lipinski definition) is 0. The molecule has 0 N–H and O–H groups in total. The quantitative estimate of drug-likeness (QED) is 0.289. The fourth-order valence-corrected chi connectivity index (χ4v) is 4.62. The van der Waals surface area contributed by atoms with Crippen molar-refractivity contribution in [2.75, 3.05) is 34.0 Å². The maximum atomic E-state index is 6.47. The number of allylic oxidation sites excluding steroid dienone is 2. The van der Waals surface area contributed by atoms with Crippen LogP contribution in [0.5, 0.6) is 0 Å². The van der Waals surface area contributed by atoms with E-state index in [4.69, 9.17) is 23.7 Å². The van der Waals surface area contributed by atoms with Crippen LogP contribution in [0.2, 0.25) is 0 Å². The van der Waals surface area contributed by atoms with Gasteiger partial charge in [-0.3, -0.25) is 0 Å². The van der Waals surface area contributed by atoms with E-state index in [9.17, 15) is 0 Å². The molecule has 0 unspecified atom stereocenters. The van der Waals surface area contributed by atoms with E-state index in [1.54, 1.807) is 26.0 Å². The Hall–Kier alpha value is -1.15. The highest BCUT2D eigenvalue weighted by Gasteiger charge is 2.47. The van der Waals surface area contributed by atoms with Crippen molar-refractivity contribution < 1.29 is 23.7 Å². The smallest absolute Gasteiger partial charge is 0.137 e. The van der Waals surface area contributed by atoms with Crippen molar-refractivity contribution in [1.29, 1.82) is 0 Å². The molecular weight excluding hydrogens is 400 g/mol. The minimum Gasteiger partial charge on any atom is -0.379 e. The van der Waals surface area contributed by atoms with Crippen LogP contribution in [0.4, 0.5) is 0 Å². The summed E-state index contributed by atoms with van der Waals surface area (Å²) in [5.41, 5.74) is -0.225. The normalized spacial score (nSPS) is 26.4. The maximum Gasteiger partial charge on any atom is 0.137 e. The lowest BCUT2D eigenvalue weighted by Gasteiger charge is -2.45. The highest BCUT2D eigenvalue weighted by molar-refractivity contribution is 7.99. The van der Waals surface area contributed by atoms with Crippen LogP contribution in [0.25, 0.3) is 0 Å². The van der Waals surface area contributed by atoms with E-state index in [2.05, 4.69) is 25.3 Å². The summed E-state index contributed by atoms with van der Waals surface area (Å²) in [7, 11) is 3.40. The number of methoxy groups -OCH3 is 2. The Kier molecular flexibility index (Phi) is 12.4. The summed E-state index contributed by atoms with van der Waals surface area (Å²) < 4.78 is 30.3. The lowest BCUT2D eigenvalue weighted by atomic mass is 9.99. The van der Waals surface area contributed by atoms with Gasteiger partial charge in [-0.15, -0.1) is 13.2 Å². The first-order chi connectivity index (χ1) is 14.7. The number of rotatable bonds is 15. The lowest BCUT2D eigenvalue weighted by molar-refractivity contribution is -0.236. The van der Waals surface area contributed by atoms with Gasteiger partial charge in [0.15, 0.2) is 0 Å². The molecule has 2 rings (SSSR count). The van der Waals surface area contributed by atoms with E-state index in [1.807, 2.05) is 30.4 Å². The second-order valence-electron chi connectivity index (χ2n) is 7.15. The van der Waals surface area contributed by atoms with Crippen molar-refractivity contribution in [3.63, 3.8) is 0 Å². The van der Waals surface area contributed by atoms with E-state index >= 15 is 0 Å². The van der Waals surface area contributed by atoms with Gasteiger partial charge in [0.2, 0.25) is 0 Å². The molecule has 5 atom stereocenters. The molecule has 1 heterocycles. The van der Waals surface area contributed by atoms with Crippen molar-refractivity contribution >= 4 is 11.8 Å². The van der Waals surface area contributed by atoms with E-state index in [1.165, 1.54) is 0 Å². The highest BCUT2D eigenvalue weighted by Crippen LogP contribution is 2.36. The summed E-state index contributed by atoms with van der Waals surface area (Å²) in [5, 5.41) is 0. The van der Waals surface area contributed by atoms with Crippen molar-refractivity contribution in [3.8, 4) is 0 Å². The van der Waals surface area contributed by atoms with Crippen LogP contribution >= 0.6 is 11.8 Å². The molecule has 1 aliphatic heterocycles. The summed E-state index contributed by atoms with van der Waals surface area (Å²) in [4.78, 5) is 1.12. The topological polar surface area (TPSA) is 46.2 Å². The minimum absolute atomic E-state index is 0.225. The second kappa shape index (κ2) is 14.8. The van der Waals surface area contributed by atoms with Crippen LogP contribution in [0.1, 0.15) is 25.7 Å². The Labute approximate surface area is 185 Å². The molecule has 1 aromatic carbocycles. The predicted octanol–water partition coefficient (Wildman–Crippen LogP) is 4.87. The first-order valence-corrected chi connectivity index (χ1v) is 11.5. The zero-order valence-corrected chi connectivity index (χ0v) is 19.1. The number of hydrogen-bond acceptors (Lipinski definition) is 6. The van der Waals surface area contributed by atoms with Crippen LogP contribution in [-0.2, 0) is 23.7 Å². The zero-order chi connectivity index (χ0) is 21.6. The van der Waals surface area contributed by atoms with Gasteiger partial charge in [0.25, 0.3) is 0 Å². The Balaban J connectivity index is 2.10. The predicted molar refractivity (Wildman–Crippen MR) is 122 cm³/mol. The number of ether oxygens (including phenoxy) is 5. The standard InChI is InChI=1S/C24H36O5S/c1-5-7-12-16-27-18-20-21(28-17-13-8-6-2)22(25-3)23(26-4)24(29-20)30-19-14-10-9-11-15-19/h5-6,9-11,14-15,20-24H,1-2,7-8,12-13,16-18H2,3-4H3/t20-,21-,22+,23-,24+/m1/s1. The Morgan fingerprint density at radius 2 is 1.60 bits per heavy atom. The molecule has 1 aliphatic rings. The third-order valence-corrected chi connectivity index (χ3v) is 6.13. The van der Waals surface area contributed by atoms with Gasteiger partial charge in [0.1, 0.15) is 29.9 Å². The molecule has 0 radical (unpaired) electrons. The Morgan fingerprint density at radius 3 is 2.23 bits per heavy atom. The van der Waals surface area contributed by atoms with Crippen molar-refractivity contribution in [3.05, 3.63) is 55.6 Å². The number of unbranched alkanes of at least 4 members (excludes halogenated alkanes) is 2. The van der Waals surface area contributed by atoms with Crippen LogP contribution in [0.15, 0.2) is 60.5 Å². The summed E-state index contributed by atoms with van der Waals surface area (Å²) in [6.07, 6.45) is 6.48. The van der Waals surface area contributed by atoms with Gasteiger partial charge in [-0.2, -0.15) is 0 Å². The van der Waals surface area contributed by atoms with Crippen LogP contribution in [0, 0.1) is 0 Å². The van der Waals surface area contributed by atoms with Gasteiger partial charge in [0.05, 0.1) is 6.61 Å². The molecule has 0 spiro atoms. The van der Waals surface area contributed by atoms with Gasteiger partial charge in [-0.05, 0) is 37.8 Å². The second-order valence-corrected chi connectivity index (χ2v) is 8.32. The fraction of sp³-hybridized carbons (Fsp3) is 0.583. The highest BCUT2D eigenvalue weighted by atomic mass is 32.2. The third kappa shape index (κ3) is 7.84. The third-order valence-electron chi connectivity index (χ3n) is 4.97. The van der Waals surface area contributed by atoms with E-state index in [0.29, 0.717) is 19.8 Å². The van der Waals surface area contributed by atoms with Crippen LogP contribution in [-0.4, -0.2) is 63.9 Å². The molecule has 1 saturated heterocycles. The number of benzene rings is 1. The molecule has 0 saturated carbocycles. The maximum absolute atomic E-state index is 6.47. The van der Waals surface area contributed by atoms with Crippen molar-refractivity contribution in [2.24, 2.45) is 0 Å². The first kappa shape index (κ1) is 25.1. The van der Waals surface area contributed by atoms with E-state index < -0.39 is 0 Å². The van der Waals surface area contributed by atoms with Crippen molar-refractivity contribution in [1.82, 2.24) is 0 Å². The summed E-state index contributed by atoms with van der Waals surface area (Å²) >= 11 is 1.64. The Bertz CT molecular complexity index is 597. The summed E-state index contributed by atoms with van der Waals surface area (Å²) in [5.74, 6) is 0. The molecular formula is C24H36O5S. The SMILES string of the molecule is C=CCCCOC[C@H]1O[C@@H](Sc2ccccc2)[C@H](OC)[C@@H](OC)[C@@H]1OCCCC=C. The zero-order valence-electron chi connectivity index (χ0n) is 18.2. The van der Waals surface area contributed by atoms with Crippen molar-refractivity contribution in [2.45, 2.75) is 60.4 Å². The molecule has 168 valence electrons. The molecule has 5 nitrogen and oxygen atoms in total. The number of thioether (sulfide) groups is 1. The molecule has 6 heteroatoms. The summed E-state index contributed by atoms with van der Waals surface area (Å²) in [6, 6.07) is 10.2. The van der Waals surface area contributed by atoms with Gasteiger partial charge in [-0.25, -0.2) is 0 Å². The van der Waals surface area contributed by atoms with E-state index in [-0.39, 0.29) is 29.9 Å². The minimum atomic E-state index is -0.267. The fourth-order valence-electron chi connectivity index (χ4n) is 3.43. The average Bonchev–Trinajstić information content (AvgIpc) is 2.77. The summed E-state index contributed by atoms with van der Waals surface area (Å²) in [6.45, 7) is 9.26.